The van der Waals surface area contributed by atoms with Crippen molar-refractivity contribution in [2.45, 2.75) is 103 Å². The Kier molecular flexibility index (Phi) is 11.1. The molecule has 0 saturated carbocycles. The average Bonchev–Trinajstić information content (AvgIpc) is 3.28. The van der Waals surface area contributed by atoms with E-state index >= 15 is 0 Å². The average molecular weight is 666 g/mol. The summed E-state index contributed by atoms with van der Waals surface area (Å²) in [6.45, 7) is 13.0. The number of benzene rings is 2. The Balaban J connectivity index is 1.67. The van der Waals surface area contributed by atoms with Crippen LogP contribution in [0.15, 0.2) is 47.5 Å². The number of hydrogen-bond donors (Lipinski definition) is 0. The second kappa shape index (κ2) is 13.6. The highest BCUT2D eigenvalue weighted by Crippen LogP contribution is 2.68. The first-order valence-corrected chi connectivity index (χ1v) is 16.3. The molecule has 0 aromatic heterocycles. The second-order valence-electron chi connectivity index (χ2n) is 13.3. The lowest BCUT2D eigenvalue weighted by Crippen LogP contribution is -2.38. The van der Waals surface area contributed by atoms with Gasteiger partial charge in [-0.1, -0.05) is 59.7 Å². The van der Waals surface area contributed by atoms with E-state index in [0.717, 1.165) is 6.07 Å². The molecule has 1 aliphatic rings. The number of rotatable bonds is 12. The zero-order chi connectivity index (χ0) is 33.9. The molecular formula is C32H42F6NO5P. The third kappa shape index (κ3) is 9.88. The van der Waals surface area contributed by atoms with Gasteiger partial charge in [-0.25, -0.2) is 4.99 Å². The molecule has 45 heavy (non-hydrogen) atoms. The molecule has 1 unspecified atom stereocenters. The fourth-order valence-corrected chi connectivity index (χ4v) is 8.50. The molecule has 0 spiro atoms. The number of alkyl halides is 6. The fourth-order valence-electron chi connectivity index (χ4n) is 5.29. The molecular weight excluding hydrogens is 623 g/mol. The van der Waals surface area contributed by atoms with Gasteiger partial charge in [-0.05, 0) is 61.1 Å². The third-order valence-electron chi connectivity index (χ3n) is 7.48. The topological polar surface area (TPSA) is 66.3 Å². The van der Waals surface area contributed by atoms with Crippen LogP contribution in [-0.2, 0) is 32.8 Å². The van der Waals surface area contributed by atoms with Crippen molar-refractivity contribution in [3.05, 3.63) is 59.2 Å². The maximum atomic E-state index is 14.1. The van der Waals surface area contributed by atoms with Crippen LogP contribution in [0.4, 0.5) is 26.3 Å². The Morgan fingerprint density at radius 3 is 2.00 bits per heavy atom. The molecule has 0 amide bonds. The van der Waals surface area contributed by atoms with Crippen LogP contribution in [0.1, 0.15) is 78.0 Å². The minimum atomic E-state index is -4.79. The largest absolute Gasteiger partial charge is 0.573 e. The monoisotopic (exact) mass is 665 g/mol. The van der Waals surface area contributed by atoms with Crippen molar-refractivity contribution >= 4 is 13.3 Å². The first kappa shape index (κ1) is 36.7. The van der Waals surface area contributed by atoms with E-state index in [1.807, 2.05) is 41.5 Å². The highest BCUT2D eigenvalue weighted by atomic mass is 31.2. The van der Waals surface area contributed by atoms with Gasteiger partial charge < -0.3 is 18.7 Å². The fraction of sp³-hybridized carbons (Fsp3) is 0.594. The van der Waals surface area contributed by atoms with Crippen LogP contribution in [0.3, 0.4) is 0 Å². The molecule has 0 radical (unpaired) electrons. The molecule has 1 atom stereocenters. The lowest BCUT2D eigenvalue weighted by molar-refractivity contribution is -0.274. The summed E-state index contributed by atoms with van der Waals surface area (Å²) in [7, 11) is -3.21. The van der Waals surface area contributed by atoms with E-state index in [9.17, 15) is 30.9 Å². The molecule has 6 nitrogen and oxygen atoms in total. The van der Waals surface area contributed by atoms with E-state index < -0.39 is 41.3 Å². The second-order valence-corrected chi connectivity index (χ2v) is 17.3. The third-order valence-corrected chi connectivity index (χ3v) is 11.5. The lowest BCUT2D eigenvalue weighted by Gasteiger charge is -2.41. The summed E-state index contributed by atoms with van der Waals surface area (Å²) < 4.78 is 114. The SMILES string of the molecule is CC1=NC(CCc2ccc(OCCCc3ccc(OC(F)(F)F)cc3)c(C(F)(F)F)c2)(COP(=O)(C(C)(C)C)C(C)(C)C)CO1. The van der Waals surface area contributed by atoms with Crippen molar-refractivity contribution < 1.29 is 49.6 Å². The zero-order valence-corrected chi connectivity index (χ0v) is 27.6. The Morgan fingerprint density at radius 1 is 0.889 bits per heavy atom. The highest BCUT2D eigenvalue weighted by molar-refractivity contribution is 7.62. The standard InChI is InChI=1S/C32H42F6NO5P/c1-22-39-30(20-42-22,21-43-45(40,28(2,3)4)29(5,6)7)17-16-24-12-15-27(26(19-24)31(33,34)35)41-18-8-9-23-10-13-25(14-11-23)44-32(36,37)38/h10-15,19H,8-9,16-18,20-21H2,1-7H3. The summed E-state index contributed by atoms with van der Waals surface area (Å²) in [6.07, 6.45) is -8.20. The quantitative estimate of drug-likeness (QED) is 0.128. The Bertz CT molecular complexity index is 1360. The molecule has 0 fully saturated rings. The minimum Gasteiger partial charge on any atom is -0.493 e. The first-order chi connectivity index (χ1) is 20.5. The molecule has 0 bridgehead atoms. The van der Waals surface area contributed by atoms with Gasteiger partial charge in [0.05, 0.1) is 18.8 Å². The van der Waals surface area contributed by atoms with Gasteiger partial charge in [0.15, 0.2) is 5.90 Å². The number of ether oxygens (including phenoxy) is 3. The van der Waals surface area contributed by atoms with Gasteiger partial charge >= 0.3 is 12.5 Å². The van der Waals surface area contributed by atoms with Crippen LogP contribution in [0.5, 0.6) is 11.5 Å². The number of halogens is 6. The summed E-state index contributed by atoms with van der Waals surface area (Å²) >= 11 is 0. The predicted octanol–water partition coefficient (Wildman–Crippen LogP) is 9.63. The van der Waals surface area contributed by atoms with Crippen LogP contribution < -0.4 is 9.47 Å². The molecule has 0 aliphatic carbocycles. The number of nitrogens with zero attached hydrogens (tertiary/aromatic N) is 1. The summed E-state index contributed by atoms with van der Waals surface area (Å²) in [5.41, 5.74) is -0.704. The van der Waals surface area contributed by atoms with Crippen molar-refractivity contribution in [1.82, 2.24) is 0 Å². The van der Waals surface area contributed by atoms with Gasteiger partial charge in [0.25, 0.3) is 0 Å². The van der Waals surface area contributed by atoms with Crippen LogP contribution in [0.25, 0.3) is 0 Å². The van der Waals surface area contributed by atoms with Gasteiger partial charge in [-0.3, -0.25) is 4.57 Å². The number of aliphatic imine (C=N–C) groups is 1. The maximum absolute atomic E-state index is 14.1. The molecule has 0 saturated heterocycles. The Morgan fingerprint density at radius 2 is 1.49 bits per heavy atom. The zero-order valence-electron chi connectivity index (χ0n) is 26.7. The summed E-state index contributed by atoms with van der Waals surface area (Å²) in [5.74, 6) is -0.231. The molecule has 252 valence electrons. The van der Waals surface area contributed by atoms with Crippen molar-refractivity contribution in [1.29, 1.82) is 0 Å². The molecule has 13 heteroatoms. The van der Waals surface area contributed by atoms with E-state index in [-0.39, 0.29) is 37.7 Å². The summed E-state index contributed by atoms with van der Waals surface area (Å²) in [5, 5.41) is -1.28. The number of aryl methyl sites for hydroxylation is 2. The van der Waals surface area contributed by atoms with Gasteiger partial charge in [-0.15, -0.1) is 13.2 Å². The van der Waals surface area contributed by atoms with Crippen LogP contribution in [-0.4, -0.2) is 47.9 Å². The van der Waals surface area contributed by atoms with Gasteiger partial charge in [-0.2, -0.15) is 13.2 Å². The summed E-state index contributed by atoms with van der Waals surface area (Å²) in [6, 6.07) is 9.20. The molecule has 2 aromatic rings. The molecule has 0 N–H and O–H groups in total. The van der Waals surface area contributed by atoms with Crippen LogP contribution in [0, 0.1) is 0 Å². The van der Waals surface area contributed by atoms with Crippen LogP contribution >= 0.6 is 7.37 Å². The molecule has 3 rings (SSSR count). The molecule has 2 aromatic carbocycles. The van der Waals surface area contributed by atoms with Crippen LogP contribution in [0.2, 0.25) is 0 Å². The Hall–Kier alpha value is -2.72. The van der Waals surface area contributed by atoms with Crippen molar-refractivity contribution in [3.8, 4) is 11.5 Å². The first-order valence-electron chi connectivity index (χ1n) is 14.7. The van der Waals surface area contributed by atoms with Gasteiger partial charge in [0, 0.05) is 17.2 Å². The highest BCUT2D eigenvalue weighted by Gasteiger charge is 2.50. The van der Waals surface area contributed by atoms with Crippen molar-refractivity contribution in [2.75, 3.05) is 19.8 Å². The van der Waals surface area contributed by atoms with E-state index in [1.165, 1.54) is 30.3 Å². The van der Waals surface area contributed by atoms with E-state index in [0.29, 0.717) is 36.3 Å². The normalized spacial score (nSPS) is 18.0. The van der Waals surface area contributed by atoms with Gasteiger partial charge in [0.1, 0.15) is 23.6 Å². The molecule has 1 aliphatic heterocycles. The maximum Gasteiger partial charge on any atom is 0.573 e. The van der Waals surface area contributed by atoms with Crippen molar-refractivity contribution in [3.63, 3.8) is 0 Å². The molecule has 1 heterocycles. The summed E-state index contributed by atoms with van der Waals surface area (Å²) in [4.78, 5) is 4.63. The predicted molar refractivity (Wildman–Crippen MR) is 162 cm³/mol. The smallest absolute Gasteiger partial charge is 0.493 e. The number of hydrogen-bond acceptors (Lipinski definition) is 6. The van der Waals surface area contributed by atoms with Gasteiger partial charge in [0.2, 0.25) is 7.37 Å². The van der Waals surface area contributed by atoms with E-state index in [4.69, 9.17) is 14.0 Å². The lowest BCUT2D eigenvalue weighted by atomic mass is 9.93. The van der Waals surface area contributed by atoms with E-state index in [1.54, 1.807) is 13.0 Å². The van der Waals surface area contributed by atoms with Crippen molar-refractivity contribution in [2.24, 2.45) is 4.99 Å². The Labute approximate surface area is 261 Å². The minimum absolute atomic E-state index is 0.00155. The van der Waals surface area contributed by atoms with E-state index in [2.05, 4.69) is 9.73 Å².